The van der Waals surface area contributed by atoms with Crippen molar-refractivity contribution in [2.45, 2.75) is 18.4 Å². The molecule has 0 spiro atoms. The highest BCUT2D eigenvalue weighted by atomic mass is 127. The van der Waals surface area contributed by atoms with Crippen LogP contribution in [-0.2, 0) is 0 Å². The lowest BCUT2D eigenvalue weighted by molar-refractivity contribution is -0.0958. The molecule has 18 heavy (non-hydrogen) atoms. The van der Waals surface area contributed by atoms with Crippen LogP contribution in [0, 0.1) is 9.49 Å². The number of rotatable bonds is 2. The van der Waals surface area contributed by atoms with E-state index in [0.29, 0.717) is 24.6 Å². The van der Waals surface area contributed by atoms with Crippen molar-refractivity contribution in [3.8, 4) is 0 Å². The second kappa shape index (κ2) is 4.45. The van der Waals surface area contributed by atoms with Crippen molar-refractivity contribution in [3.05, 3.63) is 31.8 Å². The van der Waals surface area contributed by atoms with Crippen LogP contribution in [-0.4, -0.2) is 34.6 Å². The molecule has 1 aliphatic heterocycles. The summed E-state index contributed by atoms with van der Waals surface area (Å²) in [6.07, 6.45) is 2.21. The Hall–Kier alpha value is -0.140. The van der Waals surface area contributed by atoms with Crippen LogP contribution in [0.2, 0.25) is 0 Å². The molecule has 0 bridgehead atoms. The van der Waals surface area contributed by atoms with Crippen LogP contribution < -0.4 is 0 Å². The van der Waals surface area contributed by atoms with Crippen LogP contribution in [0.15, 0.2) is 22.7 Å². The smallest absolute Gasteiger partial charge is 0.255 e. The highest BCUT2D eigenvalue weighted by Crippen LogP contribution is 2.44. The minimum Gasteiger partial charge on any atom is -0.386 e. The first-order valence-corrected chi connectivity index (χ1v) is 7.83. The standard InChI is InChI=1S/C13H13BrINO2/c14-11-4-3-9(15)5-10(11)12(17)16-6-13(18,7-16)8-1-2-8/h3-5,8,18H,1-2,6-7H2. The van der Waals surface area contributed by atoms with Crippen LogP contribution in [0.3, 0.4) is 0 Å². The Balaban J connectivity index is 1.74. The summed E-state index contributed by atoms with van der Waals surface area (Å²) in [6.45, 7) is 0.961. The Morgan fingerprint density at radius 1 is 1.44 bits per heavy atom. The highest BCUT2D eigenvalue weighted by molar-refractivity contribution is 14.1. The van der Waals surface area contributed by atoms with E-state index < -0.39 is 5.60 Å². The normalized spacial score (nSPS) is 21.6. The summed E-state index contributed by atoms with van der Waals surface area (Å²) >= 11 is 5.60. The van der Waals surface area contributed by atoms with Crippen molar-refractivity contribution in [1.82, 2.24) is 4.90 Å². The highest BCUT2D eigenvalue weighted by Gasteiger charge is 2.53. The summed E-state index contributed by atoms with van der Waals surface area (Å²) < 4.78 is 1.85. The average molecular weight is 422 g/mol. The molecule has 1 aliphatic carbocycles. The molecule has 0 atom stereocenters. The molecule has 1 aromatic rings. The summed E-state index contributed by atoms with van der Waals surface area (Å²) in [5.41, 5.74) is 0.0732. The van der Waals surface area contributed by atoms with Gasteiger partial charge in [0.25, 0.3) is 5.91 Å². The third-order valence-corrected chi connectivity index (χ3v) is 5.08. The van der Waals surface area contributed by atoms with Crippen LogP contribution in [0.1, 0.15) is 23.2 Å². The lowest BCUT2D eigenvalue weighted by Gasteiger charge is -2.47. The van der Waals surface area contributed by atoms with Crippen molar-refractivity contribution in [2.75, 3.05) is 13.1 Å². The van der Waals surface area contributed by atoms with Gasteiger partial charge in [0.15, 0.2) is 0 Å². The van der Waals surface area contributed by atoms with Gasteiger partial charge < -0.3 is 10.0 Å². The van der Waals surface area contributed by atoms with Gasteiger partial charge in [-0.1, -0.05) is 0 Å². The number of β-amino-alcohol motifs (C(OH)–C–C–N with tert-alkyl or cyclic N) is 1. The zero-order valence-corrected chi connectivity index (χ0v) is 13.4. The van der Waals surface area contributed by atoms with E-state index in [9.17, 15) is 9.90 Å². The van der Waals surface area contributed by atoms with Crippen molar-refractivity contribution < 1.29 is 9.90 Å². The van der Waals surface area contributed by atoms with Gasteiger partial charge in [-0.25, -0.2) is 0 Å². The maximum atomic E-state index is 12.3. The van der Waals surface area contributed by atoms with E-state index in [4.69, 9.17) is 0 Å². The van der Waals surface area contributed by atoms with Crippen LogP contribution >= 0.6 is 38.5 Å². The van der Waals surface area contributed by atoms with Gasteiger partial charge in [0.05, 0.1) is 18.7 Å². The fourth-order valence-corrected chi connectivity index (χ4v) is 3.38. The summed E-state index contributed by atoms with van der Waals surface area (Å²) in [4.78, 5) is 14.0. The van der Waals surface area contributed by atoms with Crippen molar-refractivity contribution in [2.24, 2.45) is 5.92 Å². The number of carbonyl (C=O) groups is 1. The van der Waals surface area contributed by atoms with Crippen molar-refractivity contribution in [1.29, 1.82) is 0 Å². The first kappa shape index (κ1) is 12.9. The van der Waals surface area contributed by atoms with Crippen molar-refractivity contribution in [3.63, 3.8) is 0 Å². The number of aliphatic hydroxyl groups is 1. The lowest BCUT2D eigenvalue weighted by atomic mass is 9.88. The Kier molecular flexibility index (Phi) is 3.18. The first-order valence-electron chi connectivity index (χ1n) is 5.96. The summed E-state index contributed by atoms with van der Waals surface area (Å²) in [5, 5.41) is 10.2. The van der Waals surface area contributed by atoms with Crippen molar-refractivity contribution >= 4 is 44.4 Å². The van der Waals surface area contributed by atoms with E-state index in [1.807, 2.05) is 18.2 Å². The molecule has 0 radical (unpaired) electrons. The zero-order chi connectivity index (χ0) is 12.9. The lowest BCUT2D eigenvalue weighted by Crippen LogP contribution is -2.64. The molecule has 0 unspecified atom stereocenters. The quantitative estimate of drug-likeness (QED) is 0.746. The van der Waals surface area contributed by atoms with Gasteiger partial charge in [-0.3, -0.25) is 4.79 Å². The zero-order valence-electron chi connectivity index (χ0n) is 9.70. The van der Waals surface area contributed by atoms with Gasteiger partial charge in [0.1, 0.15) is 5.60 Å². The molecule has 3 rings (SSSR count). The molecule has 1 aromatic carbocycles. The van der Waals surface area contributed by atoms with E-state index in [-0.39, 0.29) is 5.91 Å². The molecule has 1 N–H and O–H groups in total. The number of halogens is 2. The number of amides is 1. The Bertz CT molecular complexity index is 510. The molecule has 0 aromatic heterocycles. The summed E-state index contributed by atoms with van der Waals surface area (Å²) in [6, 6.07) is 5.72. The molecule has 96 valence electrons. The maximum Gasteiger partial charge on any atom is 0.255 e. The van der Waals surface area contributed by atoms with Crippen LogP contribution in [0.4, 0.5) is 0 Å². The van der Waals surface area contributed by atoms with E-state index in [0.717, 1.165) is 20.9 Å². The molecule has 1 amide bonds. The Morgan fingerprint density at radius 3 is 2.72 bits per heavy atom. The number of nitrogens with zero attached hydrogens (tertiary/aromatic N) is 1. The largest absolute Gasteiger partial charge is 0.386 e. The van der Waals surface area contributed by atoms with Gasteiger partial charge in [-0.15, -0.1) is 0 Å². The van der Waals surface area contributed by atoms with Gasteiger partial charge in [-0.2, -0.15) is 0 Å². The SMILES string of the molecule is O=C(c1cc(I)ccc1Br)N1CC(O)(C2CC2)C1. The number of hydrogen-bond donors (Lipinski definition) is 1. The fourth-order valence-electron chi connectivity index (χ4n) is 2.47. The molecule has 1 saturated carbocycles. The van der Waals surface area contributed by atoms with Crippen LogP contribution in [0.5, 0.6) is 0 Å². The molecule has 5 heteroatoms. The molecular weight excluding hydrogens is 409 g/mol. The van der Waals surface area contributed by atoms with Gasteiger partial charge in [-0.05, 0) is 75.5 Å². The number of benzene rings is 1. The molecule has 1 saturated heterocycles. The Morgan fingerprint density at radius 2 is 2.11 bits per heavy atom. The average Bonchev–Trinajstić information content (AvgIpc) is 3.11. The van der Waals surface area contributed by atoms with E-state index >= 15 is 0 Å². The third kappa shape index (κ3) is 2.20. The minimum absolute atomic E-state index is 0.00529. The van der Waals surface area contributed by atoms with Gasteiger partial charge >= 0.3 is 0 Å². The summed E-state index contributed by atoms with van der Waals surface area (Å²) in [7, 11) is 0. The molecule has 2 fully saturated rings. The van der Waals surface area contributed by atoms with Crippen LogP contribution in [0.25, 0.3) is 0 Å². The monoisotopic (exact) mass is 421 g/mol. The second-order valence-electron chi connectivity index (χ2n) is 5.16. The number of likely N-dealkylation sites (tertiary alicyclic amines) is 1. The molecule has 3 nitrogen and oxygen atoms in total. The predicted molar refractivity (Wildman–Crippen MR) is 80.4 cm³/mol. The van der Waals surface area contributed by atoms with Gasteiger partial charge in [0.2, 0.25) is 0 Å². The van der Waals surface area contributed by atoms with E-state index in [1.54, 1.807) is 4.90 Å². The topological polar surface area (TPSA) is 40.5 Å². The number of hydrogen-bond acceptors (Lipinski definition) is 2. The predicted octanol–water partition coefficient (Wildman–Crippen LogP) is 2.65. The van der Waals surface area contributed by atoms with E-state index in [1.165, 1.54) is 0 Å². The second-order valence-corrected chi connectivity index (χ2v) is 7.26. The molecular formula is C13H13BrINO2. The maximum absolute atomic E-state index is 12.3. The first-order chi connectivity index (χ1) is 8.49. The summed E-state index contributed by atoms with van der Waals surface area (Å²) in [5.74, 6) is 0.423. The minimum atomic E-state index is -0.607. The number of carbonyl (C=O) groups excluding carboxylic acids is 1. The fraction of sp³-hybridized carbons (Fsp3) is 0.462. The Labute approximate surface area is 128 Å². The third-order valence-electron chi connectivity index (χ3n) is 3.71. The van der Waals surface area contributed by atoms with E-state index in [2.05, 4.69) is 38.5 Å². The van der Waals surface area contributed by atoms with Gasteiger partial charge in [0, 0.05) is 8.04 Å². The molecule has 1 heterocycles. The molecule has 2 aliphatic rings.